The van der Waals surface area contributed by atoms with E-state index in [1.807, 2.05) is 0 Å². The molecule has 7 heteroatoms. The van der Waals surface area contributed by atoms with E-state index in [1.54, 1.807) is 0 Å². The van der Waals surface area contributed by atoms with Crippen molar-refractivity contribution in [3.63, 3.8) is 0 Å². The lowest BCUT2D eigenvalue weighted by molar-refractivity contribution is 0.102. The summed E-state index contributed by atoms with van der Waals surface area (Å²) in [6.45, 7) is 0. The minimum absolute atomic E-state index is 0.0213. The highest BCUT2D eigenvalue weighted by molar-refractivity contribution is 9.10. The van der Waals surface area contributed by atoms with Gasteiger partial charge in [-0.25, -0.2) is 13.8 Å². The van der Waals surface area contributed by atoms with Crippen LogP contribution in [0.3, 0.4) is 0 Å². The largest absolute Gasteiger partial charge is 0.480 e. The first-order valence-corrected chi connectivity index (χ1v) is 6.27. The number of hydrogen-bond acceptors (Lipinski definition) is 3. The molecule has 0 spiro atoms. The molecule has 20 heavy (non-hydrogen) atoms. The number of amides is 1. The summed E-state index contributed by atoms with van der Waals surface area (Å²) in [6, 6.07) is 4.83. The van der Waals surface area contributed by atoms with Crippen molar-refractivity contribution in [3.8, 4) is 5.88 Å². The van der Waals surface area contributed by atoms with Gasteiger partial charge in [0.05, 0.1) is 17.3 Å². The summed E-state index contributed by atoms with van der Waals surface area (Å²) < 4.78 is 31.9. The molecule has 1 aromatic heterocycles. The molecule has 2 aromatic rings. The molecule has 1 heterocycles. The zero-order valence-electron chi connectivity index (χ0n) is 10.3. The summed E-state index contributed by atoms with van der Waals surface area (Å²) in [4.78, 5) is 15.9. The third-order valence-corrected chi connectivity index (χ3v) is 3.07. The lowest BCUT2D eigenvalue weighted by atomic mass is 10.2. The summed E-state index contributed by atoms with van der Waals surface area (Å²) >= 11 is 2.86. The van der Waals surface area contributed by atoms with Crippen molar-refractivity contribution in [1.29, 1.82) is 0 Å². The predicted molar refractivity (Wildman–Crippen MR) is 72.8 cm³/mol. The molecule has 0 aliphatic heterocycles. The molecule has 0 aliphatic rings. The van der Waals surface area contributed by atoms with E-state index >= 15 is 0 Å². The molecule has 0 atom stereocenters. The van der Waals surface area contributed by atoms with Gasteiger partial charge in [0.15, 0.2) is 0 Å². The molecule has 0 bridgehead atoms. The summed E-state index contributed by atoms with van der Waals surface area (Å²) in [6.07, 6.45) is 1.45. The van der Waals surface area contributed by atoms with Gasteiger partial charge in [-0.3, -0.25) is 4.79 Å². The monoisotopic (exact) mass is 342 g/mol. The van der Waals surface area contributed by atoms with Gasteiger partial charge in [0, 0.05) is 12.3 Å². The second-order valence-electron chi connectivity index (χ2n) is 3.76. The molecule has 0 unspecified atom stereocenters. The van der Waals surface area contributed by atoms with Gasteiger partial charge >= 0.3 is 0 Å². The maximum Gasteiger partial charge on any atom is 0.261 e. The highest BCUT2D eigenvalue weighted by atomic mass is 79.9. The zero-order valence-corrected chi connectivity index (χ0v) is 11.9. The maximum atomic E-state index is 13.6. The molecule has 1 N–H and O–H groups in total. The third kappa shape index (κ3) is 2.93. The first kappa shape index (κ1) is 14.4. The minimum Gasteiger partial charge on any atom is -0.480 e. The van der Waals surface area contributed by atoms with Crippen LogP contribution in [0.25, 0.3) is 0 Å². The number of halogens is 3. The molecule has 104 valence electrons. The summed E-state index contributed by atoms with van der Waals surface area (Å²) in [5, 5.41) is 2.27. The van der Waals surface area contributed by atoms with E-state index in [2.05, 4.69) is 26.2 Å². The number of hydrogen-bond donors (Lipinski definition) is 1. The number of nitrogens with one attached hydrogen (secondary N) is 1. The van der Waals surface area contributed by atoms with E-state index in [9.17, 15) is 13.6 Å². The second-order valence-corrected chi connectivity index (χ2v) is 4.61. The van der Waals surface area contributed by atoms with E-state index in [0.29, 0.717) is 0 Å². The van der Waals surface area contributed by atoms with E-state index in [4.69, 9.17) is 4.74 Å². The van der Waals surface area contributed by atoms with Gasteiger partial charge in [0.1, 0.15) is 17.2 Å². The van der Waals surface area contributed by atoms with E-state index in [-0.39, 0.29) is 21.6 Å². The van der Waals surface area contributed by atoms with Crippen LogP contribution in [0.15, 0.2) is 34.9 Å². The average molecular weight is 343 g/mol. The number of ether oxygens (including phenoxy) is 1. The van der Waals surface area contributed by atoms with Crippen molar-refractivity contribution in [3.05, 3.63) is 52.1 Å². The van der Waals surface area contributed by atoms with Crippen LogP contribution in [0, 0.1) is 11.6 Å². The number of carbonyl (C=O) groups excluding carboxylic acids is 1. The quantitative estimate of drug-likeness (QED) is 0.870. The molecule has 1 amide bonds. The van der Waals surface area contributed by atoms with Crippen LogP contribution in [0.1, 0.15) is 10.4 Å². The predicted octanol–water partition coefficient (Wildman–Crippen LogP) is 3.38. The normalized spacial score (nSPS) is 10.2. The summed E-state index contributed by atoms with van der Waals surface area (Å²) in [5.41, 5.74) is -0.140. The Morgan fingerprint density at radius 1 is 1.35 bits per heavy atom. The number of methoxy groups -OCH3 is 1. The number of pyridine rings is 1. The highest BCUT2D eigenvalue weighted by Crippen LogP contribution is 2.24. The van der Waals surface area contributed by atoms with Gasteiger partial charge in [-0.15, -0.1) is 0 Å². The first-order valence-electron chi connectivity index (χ1n) is 5.48. The SMILES string of the molecule is COc1ncccc1C(=O)Nc1cc(F)c(Br)cc1F. The van der Waals surface area contributed by atoms with Crippen molar-refractivity contribution in [1.82, 2.24) is 4.98 Å². The molecule has 2 rings (SSSR count). The molecular formula is C13H9BrF2N2O2. The topological polar surface area (TPSA) is 51.2 Å². The minimum atomic E-state index is -0.755. The fourth-order valence-corrected chi connectivity index (χ4v) is 1.85. The number of rotatable bonds is 3. The van der Waals surface area contributed by atoms with Crippen molar-refractivity contribution >= 4 is 27.5 Å². The Labute approximate surface area is 121 Å². The van der Waals surface area contributed by atoms with Gasteiger partial charge in [-0.1, -0.05) is 0 Å². The first-order chi connectivity index (χ1) is 9.52. The fraction of sp³-hybridized carbons (Fsp3) is 0.0769. The van der Waals surface area contributed by atoms with Crippen LogP contribution in [-0.2, 0) is 0 Å². The summed E-state index contributed by atoms with van der Waals surface area (Å²) in [7, 11) is 1.36. The van der Waals surface area contributed by atoms with Gasteiger partial charge < -0.3 is 10.1 Å². The van der Waals surface area contributed by atoms with Crippen molar-refractivity contribution in [2.24, 2.45) is 0 Å². The number of nitrogens with zero attached hydrogens (tertiary/aromatic N) is 1. The van der Waals surface area contributed by atoms with Crippen molar-refractivity contribution in [2.45, 2.75) is 0 Å². The van der Waals surface area contributed by atoms with Crippen molar-refractivity contribution < 1.29 is 18.3 Å². The van der Waals surface area contributed by atoms with Gasteiger partial charge in [-0.2, -0.15) is 0 Å². The lowest BCUT2D eigenvalue weighted by Crippen LogP contribution is -2.15. The molecule has 0 radical (unpaired) electrons. The number of anilines is 1. The maximum absolute atomic E-state index is 13.6. The molecule has 0 saturated carbocycles. The standard InChI is InChI=1S/C13H9BrF2N2O2/c1-20-13-7(3-2-4-17-13)12(19)18-11-6-9(15)8(14)5-10(11)16/h2-6H,1H3,(H,18,19). The zero-order chi connectivity index (χ0) is 14.7. The Hall–Kier alpha value is -2.02. The van der Waals surface area contributed by atoms with Crippen LogP contribution in [-0.4, -0.2) is 18.0 Å². The molecule has 1 aromatic carbocycles. The van der Waals surface area contributed by atoms with Gasteiger partial charge in [0.25, 0.3) is 5.91 Å². The molecule has 0 saturated heterocycles. The smallest absolute Gasteiger partial charge is 0.261 e. The Morgan fingerprint density at radius 3 is 2.80 bits per heavy atom. The Bertz CT molecular complexity index is 665. The fourth-order valence-electron chi connectivity index (χ4n) is 1.53. The molecular weight excluding hydrogens is 334 g/mol. The molecule has 0 fully saturated rings. The van der Waals surface area contributed by atoms with Crippen LogP contribution in [0.2, 0.25) is 0 Å². The number of aromatic nitrogens is 1. The second kappa shape index (κ2) is 5.96. The van der Waals surface area contributed by atoms with Gasteiger partial charge in [0.2, 0.25) is 5.88 Å². The Balaban J connectivity index is 2.30. The van der Waals surface area contributed by atoms with E-state index < -0.39 is 17.5 Å². The third-order valence-electron chi connectivity index (χ3n) is 2.47. The summed E-state index contributed by atoms with van der Waals surface area (Å²) in [5.74, 6) is -1.98. The van der Waals surface area contributed by atoms with Crippen LogP contribution >= 0.6 is 15.9 Å². The lowest BCUT2D eigenvalue weighted by Gasteiger charge is -2.09. The number of carbonyl (C=O) groups is 1. The molecule has 0 aliphatic carbocycles. The van der Waals surface area contributed by atoms with Gasteiger partial charge in [-0.05, 0) is 34.1 Å². The van der Waals surface area contributed by atoms with E-state index in [1.165, 1.54) is 25.4 Å². The Kier molecular flexibility index (Phi) is 4.29. The highest BCUT2D eigenvalue weighted by Gasteiger charge is 2.16. The Morgan fingerprint density at radius 2 is 2.10 bits per heavy atom. The van der Waals surface area contributed by atoms with Crippen molar-refractivity contribution in [2.75, 3.05) is 12.4 Å². The van der Waals surface area contributed by atoms with Crippen LogP contribution in [0.4, 0.5) is 14.5 Å². The van der Waals surface area contributed by atoms with E-state index in [0.717, 1.165) is 12.1 Å². The van der Waals surface area contributed by atoms with Crippen LogP contribution < -0.4 is 10.1 Å². The average Bonchev–Trinajstić information content (AvgIpc) is 2.44. The van der Waals surface area contributed by atoms with Crippen LogP contribution in [0.5, 0.6) is 5.88 Å². The number of benzene rings is 1. The molecule has 4 nitrogen and oxygen atoms in total.